The van der Waals surface area contributed by atoms with E-state index in [-0.39, 0.29) is 5.56 Å². The molecule has 5 rings (SSSR count). The molecule has 4 aromatic heterocycles. The van der Waals surface area contributed by atoms with Gasteiger partial charge < -0.3 is 9.40 Å². The lowest BCUT2D eigenvalue weighted by molar-refractivity contribution is 0.0980. The largest absolute Gasteiger partial charge is 0.469 e. The number of amides is 1. The average molecular weight is 480 g/mol. The molecule has 0 bridgehead atoms. The topological polar surface area (TPSA) is 136 Å². The molecule has 0 radical (unpaired) electrons. The Morgan fingerprint density at radius 2 is 2.03 bits per heavy atom. The van der Waals surface area contributed by atoms with Crippen LogP contribution in [0.4, 0.5) is 4.39 Å². The number of halogens is 1. The highest BCUT2D eigenvalue weighted by Crippen LogP contribution is 2.30. The summed E-state index contributed by atoms with van der Waals surface area (Å²) in [5.41, 5.74) is 2.68. The molecule has 10 nitrogen and oxygen atoms in total. The maximum atomic E-state index is 15.0. The van der Waals surface area contributed by atoms with Crippen LogP contribution in [0.15, 0.2) is 64.5 Å². The van der Waals surface area contributed by atoms with Crippen LogP contribution < -0.4 is 4.72 Å². The van der Waals surface area contributed by atoms with E-state index in [1.165, 1.54) is 12.1 Å². The van der Waals surface area contributed by atoms with Crippen LogP contribution in [0.2, 0.25) is 0 Å². The van der Waals surface area contributed by atoms with Crippen LogP contribution in [0.5, 0.6) is 0 Å². The summed E-state index contributed by atoms with van der Waals surface area (Å²) in [6, 6.07) is 6.65. The van der Waals surface area contributed by atoms with Gasteiger partial charge in [-0.05, 0) is 36.8 Å². The van der Waals surface area contributed by atoms with E-state index in [2.05, 4.69) is 20.1 Å². The fraction of sp³-hybridized carbons (Fsp3) is 0.0909. The summed E-state index contributed by atoms with van der Waals surface area (Å²) in [5.74, 6) is -0.962. The SMILES string of the molecule is Cc1cc(C(=O)NS(=O)(=O)c2ccc(-c3ccnc4[nH]c(-c5cnn(C)c5)nc34)cc2F)co1. The summed E-state index contributed by atoms with van der Waals surface area (Å²) in [6.45, 7) is 1.61. The molecule has 0 aliphatic heterocycles. The van der Waals surface area contributed by atoms with Gasteiger partial charge in [0.05, 0.1) is 17.3 Å². The van der Waals surface area contributed by atoms with Crippen molar-refractivity contribution in [1.82, 2.24) is 29.5 Å². The Bertz CT molecular complexity index is 1670. The predicted molar refractivity (Wildman–Crippen MR) is 120 cm³/mol. The number of pyridine rings is 1. The number of furan rings is 1. The van der Waals surface area contributed by atoms with Gasteiger partial charge in [0.25, 0.3) is 15.9 Å². The van der Waals surface area contributed by atoms with Gasteiger partial charge in [0.15, 0.2) is 5.65 Å². The molecule has 172 valence electrons. The Kier molecular flexibility index (Phi) is 5.01. The van der Waals surface area contributed by atoms with Crippen molar-refractivity contribution in [3.63, 3.8) is 0 Å². The van der Waals surface area contributed by atoms with E-state index < -0.39 is 26.6 Å². The molecule has 0 saturated carbocycles. The van der Waals surface area contributed by atoms with Gasteiger partial charge in [-0.3, -0.25) is 9.48 Å². The number of hydrogen-bond acceptors (Lipinski definition) is 7. The first-order chi connectivity index (χ1) is 16.2. The zero-order valence-electron chi connectivity index (χ0n) is 17.9. The molecule has 5 aromatic rings. The number of nitrogens with one attached hydrogen (secondary N) is 2. The summed E-state index contributed by atoms with van der Waals surface area (Å²) in [4.78, 5) is 23.5. The van der Waals surface area contributed by atoms with Crippen LogP contribution in [-0.4, -0.2) is 39.1 Å². The highest BCUT2D eigenvalue weighted by Gasteiger charge is 2.24. The molecular weight excluding hydrogens is 463 g/mol. The quantitative estimate of drug-likeness (QED) is 0.394. The number of benzene rings is 1. The first kappa shape index (κ1) is 21.5. The minimum atomic E-state index is -4.46. The van der Waals surface area contributed by atoms with Crippen LogP contribution in [0, 0.1) is 12.7 Å². The fourth-order valence-electron chi connectivity index (χ4n) is 3.51. The van der Waals surface area contributed by atoms with Crippen molar-refractivity contribution in [3.05, 3.63) is 72.3 Å². The molecule has 0 spiro atoms. The Morgan fingerprint density at radius 3 is 2.71 bits per heavy atom. The number of hydrogen-bond donors (Lipinski definition) is 2. The monoisotopic (exact) mass is 480 g/mol. The number of H-pyrrole nitrogens is 1. The third kappa shape index (κ3) is 3.83. The number of imidazole rings is 1. The van der Waals surface area contributed by atoms with Crippen molar-refractivity contribution in [2.45, 2.75) is 11.8 Å². The number of aryl methyl sites for hydroxylation is 2. The number of rotatable bonds is 5. The van der Waals surface area contributed by atoms with Gasteiger partial charge in [0, 0.05) is 25.0 Å². The molecule has 1 amide bonds. The molecule has 2 N–H and O–H groups in total. The summed E-state index contributed by atoms with van der Waals surface area (Å²) in [6.07, 6.45) is 6.10. The van der Waals surface area contributed by atoms with Crippen LogP contribution in [0.1, 0.15) is 16.1 Å². The van der Waals surface area contributed by atoms with Crippen LogP contribution in [0.25, 0.3) is 33.7 Å². The number of aromatic amines is 1. The Labute approximate surface area is 192 Å². The van der Waals surface area contributed by atoms with Crippen molar-refractivity contribution in [2.75, 3.05) is 0 Å². The van der Waals surface area contributed by atoms with Crippen molar-refractivity contribution in [3.8, 4) is 22.5 Å². The lowest BCUT2D eigenvalue weighted by atomic mass is 10.1. The smallest absolute Gasteiger partial charge is 0.268 e. The molecule has 0 aliphatic rings. The summed E-state index contributed by atoms with van der Waals surface area (Å²) >= 11 is 0. The van der Waals surface area contributed by atoms with Gasteiger partial charge in [0.2, 0.25) is 0 Å². The molecular formula is C22H17FN6O4S. The molecule has 12 heteroatoms. The van der Waals surface area contributed by atoms with E-state index >= 15 is 0 Å². The van der Waals surface area contributed by atoms with Crippen molar-refractivity contribution < 1.29 is 22.0 Å². The number of fused-ring (bicyclic) bond motifs is 1. The number of carbonyl (C=O) groups is 1. The average Bonchev–Trinajstić information content (AvgIpc) is 3.52. The van der Waals surface area contributed by atoms with Crippen LogP contribution in [-0.2, 0) is 17.1 Å². The molecule has 0 fully saturated rings. The molecule has 4 heterocycles. The molecule has 0 saturated heterocycles. The second kappa shape index (κ2) is 7.92. The van der Waals surface area contributed by atoms with Gasteiger partial charge in [-0.1, -0.05) is 6.07 Å². The first-order valence-electron chi connectivity index (χ1n) is 9.97. The highest BCUT2D eigenvalue weighted by atomic mass is 32.2. The summed E-state index contributed by atoms with van der Waals surface area (Å²) < 4.78 is 48.7. The van der Waals surface area contributed by atoms with Crippen LogP contribution in [0.3, 0.4) is 0 Å². The second-order valence-electron chi connectivity index (χ2n) is 7.57. The maximum absolute atomic E-state index is 15.0. The highest BCUT2D eigenvalue weighted by molar-refractivity contribution is 7.90. The summed E-state index contributed by atoms with van der Waals surface area (Å²) in [5, 5.41) is 4.12. The Morgan fingerprint density at radius 1 is 1.21 bits per heavy atom. The summed E-state index contributed by atoms with van der Waals surface area (Å²) in [7, 11) is -2.68. The third-order valence-corrected chi connectivity index (χ3v) is 6.48. The Hall–Kier alpha value is -4.32. The first-order valence-corrected chi connectivity index (χ1v) is 11.5. The zero-order valence-corrected chi connectivity index (χ0v) is 18.7. The fourth-order valence-corrected chi connectivity index (χ4v) is 4.54. The predicted octanol–water partition coefficient (Wildman–Crippen LogP) is 3.18. The number of sulfonamides is 1. The molecule has 0 aliphatic carbocycles. The van der Waals surface area contributed by atoms with E-state index in [9.17, 15) is 17.6 Å². The Balaban J connectivity index is 1.49. The normalized spacial score (nSPS) is 11.7. The molecule has 34 heavy (non-hydrogen) atoms. The van der Waals surface area contributed by atoms with Gasteiger partial charge in [0.1, 0.15) is 34.1 Å². The minimum absolute atomic E-state index is 0.0141. The van der Waals surface area contributed by atoms with Crippen molar-refractivity contribution in [1.29, 1.82) is 0 Å². The number of nitrogens with zero attached hydrogens (tertiary/aromatic N) is 4. The van der Waals surface area contributed by atoms with E-state index in [1.54, 1.807) is 43.3 Å². The van der Waals surface area contributed by atoms with Gasteiger partial charge in [-0.2, -0.15) is 5.10 Å². The third-order valence-electron chi connectivity index (χ3n) is 5.12. The standard InChI is InChI=1S/C22H17FN6O4S/c1-12-7-14(11-33-12)22(30)28-34(31,32)18-4-3-13(8-17(18)23)16-5-6-24-21-19(16)26-20(27-21)15-9-25-29(2)10-15/h3-11H,1-2H3,(H,28,30)(H,24,26,27). The number of carbonyl (C=O) groups excluding carboxylic acids is 1. The van der Waals surface area contributed by atoms with E-state index in [0.717, 1.165) is 24.0 Å². The van der Waals surface area contributed by atoms with Gasteiger partial charge in [-0.25, -0.2) is 27.5 Å². The van der Waals surface area contributed by atoms with Crippen LogP contribution >= 0.6 is 0 Å². The lowest BCUT2D eigenvalue weighted by Crippen LogP contribution is -2.30. The van der Waals surface area contributed by atoms with E-state index in [0.29, 0.717) is 33.9 Å². The lowest BCUT2D eigenvalue weighted by Gasteiger charge is -2.09. The van der Waals surface area contributed by atoms with Crippen molar-refractivity contribution >= 4 is 27.1 Å². The minimum Gasteiger partial charge on any atom is -0.469 e. The number of aromatic nitrogens is 5. The van der Waals surface area contributed by atoms with Gasteiger partial charge >= 0.3 is 0 Å². The zero-order chi connectivity index (χ0) is 24.0. The van der Waals surface area contributed by atoms with E-state index in [4.69, 9.17) is 4.42 Å². The molecule has 1 aromatic carbocycles. The van der Waals surface area contributed by atoms with Gasteiger partial charge in [-0.15, -0.1) is 0 Å². The molecule has 0 unspecified atom stereocenters. The van der Waals surface area contributed by atoms with Crippen molar-refractivity contribution in [2.24, 2.45) is 7.05 Å². The molecule has 0 atom stereocenters. The second-order valence-corrected chi connectivity index (χ2v) is 9.22. The van der Waals surface area contributed by atoms with E-state index in [1.807, 2.05) is 4.72 Å². The maximum Gasteiger partial charge on any atom is 0.268 e.